The Morgan fingerprint density at radius 3 is 1.70 bits per heavy atom. The van der Waals surface area contributed by atoms with Crippen molar-refractivity contribution in [1.82, 2.24) is 0 Å². The van der Waals surface area contributed by atoms with Gasteiger partial charge >= 0.3 is 0 Å². The van der Waals surface area contributed by atoms with Crippen molar-refractivity contribution in [2.24, 2.45) is 0 Å². The molecule has 1 aliphatic heterocycles. The Bertz CT molecular complexity index is 150. The Morgan fingerprint density at radius 2 is 1.40 bits per heavy atom. The Labute approximate surface area is 61.1 Å². The van der Waals surface area contributed by atoms with E-state index in [2.05, 4.69) is 0 Å². The molecule has 0 bridgehead atoms. The molecule has 0 radical (unpaired) electrons. The summed E-state index contributed by atoms with van der Waals surface area (Å²) in [4.78, 5) is 0. The molecule has 0 aromatic rings. The normalized spacial score (nSPS) is 16.6. The van der Waals surface area contributed by atoms with Crippen LogP contribution in [0, 0.1) is 0 Å². The van der Waals surface area contributed by atoms with Crippen LogP contribution in [0.4, 0.5) is 0 Å². The van der Waals surface area contributed by atoms with Gasteiger partial charge in [0.25, 0.3) is 0 Å². The van der Waals surface area contributed by atoms with Gasteiger partial charge in [0.15, 0.2) is 0 Å². The fraction of sp³-hybridized carbons (Fsp3) is 0.500. The van der Waals surface area contributed by atoms with Gasteiger partial charge in [-0.15, -0.1) is 0 Å². The summed E-state index contributed by atoms with van der Waals surface area (Å²) in [5, 5.41) is 0. The van der Waals surface area contributed by atoms with Gasteiger partial charge < -0.3 is 9.47 Å². The van der Waals surface area contributed by atoms with Crippen LogP contribution in [0.2, 0.25) is 0 Å². The summed E-state index contributed by atoms with van der Waals surface area (Å²) < 4.78 is 10.4. The lowest BCUT2D eigenvalue weighted by molar-refractivity contribution is 0.213. The summed E-state index contributed by atoms with van der Waals surface area (Å²) in [7, 11) is 0. The van der Waals surface area contributed by atoms with E-state index in [-0.39, 0.29) is 0 Å². The summed E-state index contributed by atoms with van der Waals surface area (Å²) in [6.07, 6.45) is 4.93. The molecule has 0 saturated heterocycles. The molecule has 10 heavy (non-hydrogen) atoms. The number of ether oxygens (including phenoxy) is 2. The predicted molar refractivity (Wildman–Crippen MR) is 38.9 cm³/mol. The van der Waals surface area contributed by atoms with Crippen molar-refractivity contribution < 1.29 is 9.47 Å². The first-order chi connectivity index (χ1) is 4.88. The second-order valence-corrected chi connectivity index (χ2v) is 2.06. The van der Waals surface area contributed by atoms with Gasteiger partial charge in [-0.25, -0.2) is 0 Å². The van der Waals surface area contributed by atoms with Gasteiger partial charge in [-0.05, 0) is 0 Å². The van der Waals surface area contributed by atoms with Crippen molar-refractivity contribution >= 4 is 0 Å². The molecule has 0 atom stereocenters. The molecule has 56 valence electrons. The van der Waals surface area contributed by atoms with Crippen molar-refractivity contribution in [3.63, 3.8) is 0 Å². The smallest absolute Gasteiger partial charge is 0.141 e. The minimum Gasteiger partial charge on any atom is -0.463 e. The number of hydrogen-bond donors (Lipinski definition) is 0. The summed E-state index contributed by atoms with van der Waals surface area (Å²) >= 11 is 0. The van der Waals surface area contributed by atoms with Crippen molar-refractivity contribution in [3.05, 3.63) is 24.0 Å². The van der Waals surface area contributed by atoms with Crippen LogP contribution >= 0.6 is 0 Å². The lowest BCUT2D eigenvalue weighted by Gasteiger charge is -2.14. The third kappa shape index (κ3) is 1.32. The van der Waals surface area contributed by atoms with E-state index in [0.29, 0.717) is 0 Å². The molecule has 1 aliphatic rings. The van der Waals surface area contributed by atoms with Gasteiger partial charge in [0.1, 0.15) is 24.0 Å². The van der Waals surface area contributed by atoms with Gasteiger partial charge in [-0.1, -0.05) is 13.8 Å². The highest BCUT2D eigenvalue weighted by Crippen LogP contribution is 2.19. The van der Waals surface area contributed by atoms with Crippen LogP contribution in [0.5, 0.6) is 0 Å². The van der Waals surface area contributed by atoms with Crippen molar-refractivity contribution in [3.8, 4) is 0 Å². The molecule has 0 fully saturated rings. The summed E-state index contributed by atoms with van der Waals surface area (Å²) in [5.41, 5.74) is 0. The molecule has 2 heteroatoms. The Balaban J connectivity index is 2.66. The molecule has 0 spiro atoms. The van der Waals surface area contributed by atoms with Crippen LogP contribution in [-0.2, 0) is 9.47 Å². The van der Waals surface area contributed by atoms with E-state index in [0.717, 1.165) is 24.4 Å². The molecule has 0 N–H and O–H groups in total. The standard InChI is InChI=1S/C8H12O2/c1-3-7-8(4-2)10-6-5-9-7/h5-6H,3-4H2,1-2H3. The van der Waals surface area contributed by atoms with E-state index in [1.807, 2.05) is 13.8 Å². The fourth-order valence-corrected chi connectivity index (χ4v) is 0.912. The fourth-order valence-electron chi connectivity index (χ4n) is 0.912. The largest absolute Gasteiger partial charge is 0.463 e. The monoisotopic (exact) mass is 140 g/mol. The zero-order valence-electron chi connectivity index (χ0n) is 6.39. The highest BCUT2D eigenvalue weighted by molar-refractivity contribution is 5.05. The highest BCUT2D eigenvalue weighted by Gasteiger charge is 2.07. The predicted octanol–water partition coefficient (Wildman–Crippen LogP) is 2.54. The maximum absolute atomic E-state index is 5.20. The van der Waals surface area contributed by atoms with Crippen LogP contribution in [0.1, 0.15) is 26.7 Å². The maximum Gasteiger partial charge on any atom is 0.141 e. The minimum absolute atomic E-state index is 0.896. The molecule has 0 aliphatic carbocycles. The minimum atomic E-state index is 0.896. The molecule has 0 amide bonds. The lowest BCUT2D eigenvalue weighted by atomic mass is 10.3. The second-order valence-electron chi connectivity index (χ2n) is 2.06. The van der Waals surface area contributed by atoms with Gasteiger partial charge in [-0.2, -0.15) is 0 Å². The van der Waals surface area contributed by atoms with E-state index < -0.39 is 0 Å². The van der Waals surface area contributed by atoms with Crippen molar-refractivity contribution in [2.45, 2.75) is 26.7 Å². The van der Waals surface area contributed by atoms with E-state index in [4.69, 9.17) is 9.47 Å². The Hall–Kier alpha value is -0.920. The highest BCUT2D eigenvalue weighted by atomic mass is 16.5. The van der Waals surface area contributed by atoms with E-state index in [1.54, 1.807) is 12.5 Å². The van der Waals surface area contributed by atoms with Crippen LogP contribution < -0.4 is 0 Å². The van der Waals surface area contributed by atoms with Crippen molar-refractivity contribution in [1.29, 1.82) is 0 Å². The lowest BCUT2D eigenvalue weighted by Crippen LogP contribution is -1.98. The molecular formula is C8H12O2. The Morgan fingerprint density at radius 1 is 1.00 bits per heavy atom. The molecule has 2 nitrogen and oxygen atoms in total. The molecule has 1 rings (SSSR count). The van der Waals surface area contributed by atoms with E-state index in [1.165, 1.54) is 0 Å². The third-order valence-corrected chi connectivity index (χ3v) is 1.43. The van der Waals surface area contributed by atoms with Gasteiger partial charge in [0.2, 0.25) is 0 Å². The van der Waals surface area contributed by atoms with E-state index in [9.17, 15) is 0 Å². The van der Waals surface area contributed by atoms with Crippen LogP contribution in [-0.4, -0.2) is 0 Å². The van der Waals surface area contributed by atoms with Gasteiger partial charge in [-0.3, -0.25) is 0 Å². The zero-order chi connectivity index (χ0) is 7.40. The van der Waals surface area contributed by atoms with Gasteiger partial charge in [0, 0.05) is 12.8 Å². The summed E-state index contributed by atoms with van der Waals surface area (Å²) in [5.74, 6) is 1.90. The SMILES string of the molecule is CCC1=C(CC)OC=CO1. The Kier molecular flexibility index (Phi) is 2.37. The first-order valence-corrected chi connectivity index (χ1v) is 3.58. The molecule has 0 unspecified atom stereocenters. The zero-order valence-corrected chi connectivity index (χ0v) is 6.39. The van der Waals surface area contributed by atoms with Crippen LogP contribution in [0.15, 0.2) is 24.0 Å². The number of hydrogen-bond acceptors (Lipinski definition) is 2. The summed E-state index contributed by atoms with van der Waals surface area (Å²) in [6.45, 7) is 4.10. The first-order valence-electron chi connectivity index (χ1n) is 3.58. The average Bonchev–Trinajstić information content (AvgIpc) is 2.04. The van der Waals surface area contributed by atoms with Crippen LogP contribution in [0.3, 0.4) is 0 Å². The quantitative estimate of drug-likeness (QED) is 0.586. The topological polar surface area (TPSA) is 18.5 Å². The van der Waals surface area contributed by atoms with Crippen LogP contribution in [0.25, 0.3) is 0 Å². The third-order valence-electron chi connectivity index (χ3n) is 1.43. The average molecular weight is 140 g/mol. The molecular weight excluding hydrogens is 128 g/mol. The number of allylic oxidation sites excluding steroid dienone is 2. The van der Waals surface area contributed by atoms with Gasteiger partial charge in [0.05, 0.1) is 0 Å². The van der Waals surface area contributed by atoms with Crippen molar-refractivity contribution in [2.75, 3.05) is 0 Å². The molecule has 1 heterocycles. The molecule has 0 aromatic heterocycles. The first kappa shape index (κ1) is 7.19. The second kappa shape index (κ2) is 3.30. The maximum atomic E-state index is 5.20. The number of rotatable bonds is 2. The van der Waals surface area contributed by atoms with E-state index >= 15 is 0 Å². The summed E-state index contributed by atoms with van der Waals surface area (Å²) in [6, 6.07) is 0. The molecule has 0 aromatic carbocycles. The molecule has 0 saturated carbocycles.